The third kappa shape index (κ3) is 8.38. The van der Waals surface area contributed by atoms with Crippen LogP contribution < -0.4 is 14.2 Å². The van der Waals surface area contributed by atoms with Crippen LogP contribution in [0.5, 0.6) is 17.2 Å². The van der Waals surface area contributed by atoms with Gasteiger partial charge in [-0.2, -0.15) is 0 Å². The Hall–Kier alpha value is -3.73. The summed E-state index contributed by atoms with van der Waals surface area (Å²) in [5, 5.41) is 9.24. The zero-order chi connectivity index (χ0) is 28.4. The second-order valence-electron chi connectivity index (χ2n) is 10.8. The van der Waals surface area contributed by atoms with Crippen LogP contribution in [0.1, 0.15) is 76.5 Å². The van der Waals surface area contributed by atoms with Gasteiger partial charge in [0.25, 0.3) is 0 Å². The van der Waals surface area contributed by atoms with Gasteiger partial charge in [0.1, 0.15) is 23.9 Å². The number of carbonyl (C=O) groups is 1. The summed E-state index contributed by atoms with van der Waals surface area (Å²) in [6.45, 7) is 11.8. The van der Waals surface area contributed by atoms with Gasteiger partial charge in [-0.3, -0.25) is 4.79 Å². The van der Waals surface area contributed by atoms with Crippen molar-refractivity contribution in [2.75, 3.05) is 13.7 Å². The highest BCUT2D eigenvalue weighted by molar-refractivity contribution is 5.76. The minimum absolute atomic E-state index is 0.0574. The lowest BCUT2D eigenvalue weighted by molar-refractivity contribution is -0.137. The first-order chi connectivity index (χ1) is 18.7. The molecule has 0 heterocycles. The smallest absolute Gasteiger partial charge is 0.304 e. The highest BCUT2D eigenvalue weighted by atomic mass is 16.5. The summed E-state index contributed by atoms with van der Waals surface area (Å²) in [5.41, 5.74) is 5.25. The van der Waals surface area contributed by atoms with Crippen molar-refractivity contribution < 1.29 is 24.1 Å². The molecule has 0 saturated carbocycles. The van der Waals surface area contributed by atoms with Crippen LogP contribution in [0.3, 0.4) is 0 Å². The quantitative estimate of drug-likeness (QED) is 0.177. The molecule has 1 N–H and O–H groups in total. The van der Waals surface area contributed by atoms with Crippen molar-refractivity contribution in [1.29, 1.82) is 0 Å². The molecule has 0 aliphatic heterocycles. The number of hydrogen-bond donors (Lipinski definition) is 1. The molecule has 0 radical (unpaired) electrons. The van der Waals surface area contributed by atoms with Crippen molar-refractivity contribution in [1.82, 2.24) is 0 Å². The maximum absolute atomic E-state index is 11.2. The second kappa shape index (κ2) is 13.9. The summed E-state index contributed by atoms with van der Waals surface area (Å²) in [6.07, 6.45) is 5.93. The number of hydrogen-bond acceptors (Lipinski definition) is 4. The Morgan fingerprint density at radius 1 is 0.949 bits per heavy atom. The van der Waals surface area contributed by atoms with Gasteiger partial charge in [0.2, 0.25) is 0 Å². The number of rotatable bonds is 13. The lowest BCUT2D eigenvalue weighted by atomic mass is 9.81. The van der Waals surface area contributed by atoms with E-state index in [1.807, 2.05) is 61.5 Å². The Kier molecular flexibility index (Phi) is 10.6. The first kappa shape index (κ1) is 29.8. The van der Waals surface area contributed by atoms with Crippen molar-refractivity contribution in [2.24, 2.45) is 0 Å². The van der Waals surface area contributed by atoms with Gasteiger partial charge in [0.15, 0.2) is 0 Å². The van der Waals surface area contributed by atoms with Gasteiger partial charge in [0, 0.05) is 11.5 Å². The van der Waals surface area contributed by atoms with Gasteiger partial charge >= 0.3 is 5.97 Å². The fraction of sp³-hybridized carbons (Fsp3) is 0.382. The van der Waals surface area contributed by atoms with Crippen molar-refractivity contribution in [2.45, 2.75) is 71.8 Å². The van der Waals surface area contributed by atoms with E-state index in [1.54, 1.807) is 7.11 Å². The fourth-order valence-electron chi connectivity index (χ4n) is 4.55. The minimum Gasteiger partial charge on any atom is -0.497 e. The molecule has 0 aliphatic rings. The molecule has 0 spiro atoms. The van der Waals surface area contributed by atoms with Crippen LogP contribution in [-0.2, 0) is 16.8 Å². The molecule has 0 saturated heterocycles. The van der Waals surface area contributed by atoms with E-state index < -0.39 is 5.97 Å². The lowest BCUT2D eigenvalue weighted by Gasteiger charge is -2.25. The Bertz CT molecular complexity index is 1250. The lowest BCUT2D eigenvalue weighted by Crippen LogP contribution is -2.13. The van der Waals surface area contributed by atoms with Crippen LogP contribution in [-0.4, -0.2) is 24.8 Å². The summed E-state index contributed by atoms with van der Waals surface area (Å²) in [6, 6.07) is 20.1. The van der Waals surface area contributed by atoms with Crippen LogP contribution in [0.4, 0.5) is 0 Å². The van der Waals surface area contributed by atoms with Gasteiger partial charge in [0.05, 0.1) is 20.1 Å². The maximum Gasteiger partial charge on any atom is 0.304 e. The molecule has 3 aromatic rings. The van der Waals surface area contributed by atoms with Crippen molar-refractivity contribution >= 4 is 5.97 Å². The number of unbranched alkanes of at least 4 members (excludes halogenated alkanes) is 1. The highest BCUT2D eigenvalue weighted by Crippen LogP contribution is 2.40. The second-order valence-corrected chi connectivity index (χ2v) is 10.8. The maximum atomic E-state index is 11.2. The molecule has 0 unspecified atom stereocenters. The zero-order valence-electron chi connectivity index (χ0n) is 24.1. The molecular formula is C34H42O5. The van der Waals surface area contributed by atoms with Crippen LogP contribution in [0.15, 0.2) is 72.8 Å². The number of aliphatic carboxylic acids is 1. The summed E-state index contributed by atoms with van der Waals surface area (Å²) in [4.78, 5) is 11.2. The Balaban J connectivity index is 1.90. The molecule has 5 heteroatoms. The molecule has 0 amide bonds. The molecule has 0 aliphatic carbocycles. The Morgan fingerprint density at radius 2 is 1.67 bits per heavy atom. The largest absolute Gasteiger partial charge is 0.497 e. The van der Waals surface area contributed by atoms with E-state index in [4.69, 9.17) is 14.2 Å². The van der Waals surface area contributed by atoms with E-state index in [-0.39, 0.29) is 17.8 Å². The van der Waals surface area contributed by atoms with Crippen LogP contribution in [0.25, 0.3) is 11.1 Å². The average molecular weight is 531 g/mol. The van der Waals surface area contributed by atoms with Crippen LogP contribution >= 0.6 is 0 Å². The van der Waals surface area contributed by atoms with Gasteiger partial charge in [-0.15, -0.1) is 0 Å². The van der Waals surface area contributed by atoms with Gasteiger partial charge < -0.3 is 19.3 Å². The van der Waals surface area contributed by atoms with E-state index in [0.717, 1.165) is 52.3 Å². The molecular weight excluding hydrogens is 488 g/mol. The topological polar surface area (TPSA) is 65.0 Å². The molecule has 208 valence electrons. The van der Waals surface area contributed by atoms with Crippen LogP contribution in [0.2, 0.25) is 0 Å². The van der Waals surface area contributed by atoms with Gasteiger partial charge in [-0.25, -0.2) is 0 Å². The Labute approximate surface area is 233 Å². The van der Waals surface area contributed by atoms with Crippen molar-refractivity contribution in [3.63, 3.8) is 0 Å². The number of carboxylic acid groups (broad SMARTS) is 1. The third-order valence-corrected chi connectivity index (χ3v) is 6.66. The Morgan fingerprint density at radius 3 is 2.28 bits per heavy atom. The van der Waals surface area contributed by atoms with E-state index in [0.29, 0.717) is 13.2 Å². The molecule has 5 nitrogen and oxygen atoms in total. The fourth-order valence-corrected chi connectivity index (χ4v) is 4.55. The standard InChI is InChI=1S/C34H42O5/c1-7-9-19-38-32-18-16-28(37-6)22-30(32)29-20-24(11-17-31(29)34(3,4)5)23-39-27-14-12-25(13-15-27)26(10-8-2)21-33(35)36/h8,10-18,20,22,26H,7,9,19,21,23H2,1-6H3,(H,35,36)/t26-/m1/s1. The summed E-state index contributed by atoms with van der Waals surface area (Å²) >= 11 is 0. The molecule has 0 aromatic heterocycles. The number of benzene rings is 3. The average Bonchev–Trinajstić information content (AvgIpc) is 2.91. The van der Waals surface area contributed by atoms with E-state index in [1.165, 1.54) is 5.56 Å². The molecule has 0 fully saturated rings. The highest BCUT2D eigenvalue weighted by Gasteiger charge is 2.22. The van der Waals surface area contributed by atoms with E-state index in [9.17, 15) is 9.90 Å². The van der Waals surface area contributed by atoms with Gasteiger partial charge in [-0.1, -0.05) is 70.5 Å². The number of methoxy groups -OCH3 is 1. The molecule has 3 rings (SSSR count). The third-order valence-electron chi connectivity index (χ3n) is 6.66. The summed E-state index contributed by atoms with van der Waals surface area (Å²) < 4.78 is 17.9. The van der Waals surface area contributed by atoms with Crippen molar-refractivity contribution in [3.05, 3.63) is 89.5 Å². The van der Waals surface area contributed by atoms with E-state index in [2.05, 4.69) is 45.9 Å². The van der Waals surface area contributed by atoms with Crippen molar-refractivity contribution in [3.8, 4) is 28.4 Å². The number of ether oxygens (including phenoxy) is 3. The SMILES string of the molecule is CC=C[C@H](CC(=O)O)c1ccc(OCc2ccc(C(C)(C)C)c(-c3cc(OC)ccc3OCCCC)c2)cc1. The van der Waals surface area contributed by atoms with E-state index >= 15 is 0 Å². The predicted molar refractivity (Wildman–Crippen MR) is 158 cm³/mol. The normalized spacial score (nSPS) is 12.4. The summed E-state index contributed by atoms with van der Waals surface area (Å²) in [5.74, 6) is 1.39. The summed E-state index contributed by atoms with van der Waals surface area (Å²) in [7, 11) is 1.68. The molecule has 39 heavy (non-hydrogen) atoms. The predicted octanol–water partition coefficient (Wildman–Crippen LogP) is 8.55. The van der Waals surface area contributed by atoms with Crippen LogP contribution in [0, 0.1) is 0 Å². The monoisotopic (exact) mass is 530 g/mol. The molecule has 0 bridgehead atoms. The minimum atomic E-state index is -0.817. The first-order valence-corrected chi connectivity index (χ1v) is 13.7. The number of carboxylic acids is 1. The molecule has 3 aromatic carbocycles. The number of allylic oxidation sites excluding steroid dienone is 2. The zero-order valence-corrected chi connectivity index (χ0v) is 24.1. The molecule has 1 atom stereocenters. The first-order valence-electron chi connectivity index (χ1n) is 13.7. The van der Waals surface area contributed by atoms with Gasteiger partial charge in [-0.05, 0) is 77.4 Å².